The first-order valence-corrected chi connectivity index (χ1v) is 6.67. The van der Waals surface area contributed by atoms with E-state index in [1.165, 1.54) is 14.0 Å². The van der Waals surface area contributed by atoms with Crippen LogP contribution >= 0.6 is 0 Å². The first-order chi connectivity index (χ1) is 8.88. The van der Waals surface area contributed by atoms with E-state index in [0.717, 1.165) is 0 Å². The molecule has 0 aromatic rings. The van der Waals surface area contributed by atoms with Crippen LogP contribution in [-0.4, -0.2) is 30.4 Å². The van der Waals surface area contributed by atoms with Gasteiger partial charge >= 0.3 is 11.9 Å². The van der Waals surface area contributed by atoms with E-state index in [-0.39, 0.29) is 41.9 Å². The Labute approximate surface area is 112 Å². The molecule has 5 heteroatoms. The van der Waals surface area contributed by atoms with Gasteiger partial charge in [-0.1, -0.05) is 6.92 Å². The normalized spacial score (nSPS) is 37.4. The van der Waals surface area contributed by atoms with E-state index >= 15 is 0 Å². The van der Waals surface area contributed by atoms with E-state index in [9.17, 15) is 14.4 Å². The van der Waals surface area contributed by atoms with Crippen LogP contribution in [0, 0.1) is 17.8 Å². The molecule has 0 bridgehead atoms. The van der Waals surface area contributed by atoms with E-state index in [4.69, 9.17) is 4.74 Å². The SMILES string of the molecule is COC(=O)C[C@H]1C[C@@]2(C[C@@H]1C(C)=O)OC(=O)C[C@H]2C. The Balaban J connectivity index is 2.18. The van der Waals surface area contributed by atoms with Crippen molar-refractivity contribution in [3.05, 3.63) is 0 Å². The molecule has 19 heavy (non-hydrogen) atoms. The number of carbonyl (C=O) groups is 3. The van der Waals surface area contributed by atoms with Crippen molar-refractivity contribution in [2.45, 2.75) is 45.1 Å². The second-order valence-corrected chi connectivity index (χ2v) is 5.81. The van der Waals surface area contributed by atoms with Crippen LogP contribution in [0.3, 0.4) is 0 Å². The molecule has 106 valence electrons. The molecule has 2 rings (SSSR count). The van der Waals surface area contributed by atoms with Crippen LogP contribution in [0.5, 0.6) is 0 Å². The first-order valence-electron chi connectivity index (χ1n) is 6.67. The van der Waals surface area contributed by atoms with Crippen molar-refractivity contribution in [1.29, 1.82) is 0 Å². The Morgan fingerprint density at radius 2 is 2.11 bits per heavy atom. The van der Waals surface area contributed by atoms with Gasteiger partial charge < -0.3 is 9.47 Å². The maximum atomic E-state index is 11.8. The van der Waals surface area contributed by atoms with Crippen molar-refractivity contribution < 1.29 is 23.9 Å². The van der Waals surface area contributed by atoms with Gasteiger partial charge in [0, 0.05) is 18.3 Å². The highest BCUT2D eigenvalue weighted by molar-refractivity contribution is 5.81. The summed E-state index contributed by atoms with van der Waals surface area (Å²) in [7, 11) is 1.34. The quantitative estimate of drug-likeness (QED) is 0.725. The average molecular weight is 268 g/mol. The summed E-state index contributed by atoms with van der Waals surface area (Å²) in [5.74, 6) is -0.657. The third kappa shape index (κ3) is 2.51. The molecule has 1 heterocycles. The Morgan fingerprint density at radius 3 is 2.58 bits per heavy atom. The van der Waals surface area contributed by atoms with E-state index in [2.05, 4.69) is 4.74 Å². The van der Waals surface area contributed by atoms with Crippen molar-refractivity contribution in [3.8, 4) is 0 Å². The van der Waals surface area contributed by atoms with Gasteiger partial charge in [0.25, 0.3) is 0 Å². The van der Waals surface area contributed by atoms with Gasteiger partial charge in [0.15, 0.2) is 0 Å². The van der Waals surface area contributed by atoms with Crippen molar-refractivity contribution in [3.63, 3.8) is 0 Å². The number of Topliss-reactive ketones (excluding diaryl/α,β-unsaturated/α-hetero) is 1. The maximum absolute atomic E-state index is 11.8. The lowest BCUT2D eigenvalue weighted by atomic mass is 9.86. The third-order valence-corrected chi connectivity index (χ3v) is 4.61. The lowest BCUT2D eigenvalue weighted by molar-refractivity contribution is -0.149. The fourth-order valence-electron chi connectivity index (χ4n) is 3.49. The lowest BCUT2D eigenvalue weighted by Gasteiger charge is -2.26. The minimum atomic E-state index is -0.549. The first kappa shape index (κ1) is 14.0. The van der Waals surface area contributed by atoms with E-state index in [1.807, 2.05) is 6.92 Å². The summed E-state index contributed by atoms with van der Waals surface area (Å²) in [5.41, 5.74) is -0.549. The predicted octanol–water partition coefficient (Wildman–Crippen LogP) is 1.49. The molecule has 4 atom stereocenters. The van der Waals surface area contributed by atoms with Gasteiger partial charge in [0.05, 0.1) is 13.5 Å². The summed E-state index contributed by atoms with van der Waals surface area (Å²) in [6.07, 6.45) is 1.73. The average Bonchev–Trinajstić information content (AvgIpc) is 2.81. The highest BCUT2D eigenvalue weighted by Crippen LogP contribution is 2.51. The molecule has 0 aromatic carbocycles. The monoisotopic (exact) mass is 268 g/mol. The van der Waals surface area contributed by atoms with E-state index in [0.29, 0.717) is 19.3 Å². The van der Waals surface area contributed by atoms with Crippen LogP contribution in [0.4, 0.5) is 0 Å². The summed E-state index contributed by atoms with van der Waals surface area (Å²) in [6, 6.07) is 0. The third-order valence-electron chi connectivity index (χ3n) is 4.61. The highest BCUT2D eigenvalue weighted by Gasteiger charge is 2.56. The van der Waals surface area contributed by atoms with Gasteiger partial charge in [-0.15, -0.1) is 0 Å². The van der Waals surface area contributed by atoms with Crippen molar-refractivity contribution >= 4 is 17.7 Å². The number of hydrogen-bond acceptors (Lipinski definition) is 5. The fraction of sp³-hybridized carbons (Fsp3) is 0.786. The van der Waals surface area contributed by atoms with Crippen LogP contribution in [0.2, 0.25) is 0 Å². The molecule has 0 N–H and O–H groups in total. The number of ketones is 1. The minimum Gasteiger partial charge on any atom is -0.469 e. The molecule has 2 aliphatic rings. The molecule has 0 amide bonds. The summed E-state index contributed by atoms with van der Waals surface area (Å²) in [6.45, 7) is 3.51. The number of methoxy groups -OCH3 is 1. The molecule has 1 aliphatic carbocycles. The molecular formula is C14H20O5. The zero-order chi connectivity index (χ0) is 14.2. The van der Waals surface area contributed by atoms with Crippen LogP contribution in [-0.2, 0) is 23.9 Å². The van der Waals surface area contributed by atoms with Crippen LogP contribution in [0.15, 0.2) is 0 Å². The molecule has 0 unspecified atom stereocenters. The van der Waals surface area contributed by atoms with Crippen molar-refractivity contribution in [1.82, 2.24) is 0 Å². The second kappa shape index (κ2) is 4.94. The summed E-state index contributed by atoms with van der Waals surface area (Å²) >= 11 is 0. The maximum Gasteiger partial charge on any atom is 0.306 e. The van der Waals surface area contributed by atoms with Crippen LogP contribution in [0.1, 0.15) is 39.5 Å². The number of esters is 2. The fourth-order valence-corrected chi connectivity index (χ4v) is 3.49. The Bertz CT molecular complexity index is 416. The molecule has 1 saturated carbocycles. The molecule has 1 spiro atoms. The van der Waals surface area contributed by atoms with Gasteiger partial charge in [-0.25, -0.2) is 0 Å². The number of rotatable bonds is 3. The van der Waals surface area contributed by atoms with Crippen LogP contribution < -0.4 is 0 Å². The number of ether oxygens (including phenoxy) is 2. The van der Waals surface area contributed by atoms with Gasteiger partial charge in [-0.3, -0.25) is 14.4 Å². The standard InChI is InChI=1S/C14H20O5/c1-8-4-13(17)19-14(8)6-10(5-12(16)18-3)11(7-14)9(2)15/h8,10-11H,4-7H2,1-3H3/t8-,10+,11-,14+/m1/s1. The zero-order valence-electron chi connectivity index (χ0n) is 11.6. The van der Waals surface area contributed by atoms with Gasteiger partial charge in [0.2, 0.25) is 0 Å². The molecular weight excluding hydrogens is 248 g/mol. The summed E-state index contributed by atoms with van der Waals surface area (Å²) in [4.78, 5) is 34.7. The van der Waals surface area contributed by atoms with Crippen molar-refractivity contribution in [2.75, 3.05) is 7.11 Å². The smallest absolute Gasteiger partial charge is 0.306 e. The summed E-state index contributed by atoms with van der Waals surface area (Å²) < 4.78 is 10.2. The van der Waals surface area contributed by atoms with E-state index in [1.54, 1.807) is 0 Å². The largest absolute Gasteiger partial charge is 0.469 e. The van der Waals surface area contributed by atoms with E-state index < -0.39 is 5.60 Å². The Hall–Kier alpha value is -1.39. The van der Waals surface area contributed by atoms with Gasteiger partial charge in [-0.05, 0) is 25.7 Å². The topological polar surface area (TPSA) is 69.7 Å². The molecule has 1 saturated heterocycles. The summed E-state index contributed by atoms with van der Waals surface area (Å²) in [5, 5.41) is 0. The Kier molecular flexibility index (Phi) is 3.65. The van der Waals surface area contributed by atoms with Gasteiger partial charge in [-0.2, -0.15) is 0 Å². The minimum absolute atomic E-state index is 0.0564. The number of hydrogen-bond donors (Lipinski definition) is 0. The predicted molar refractivity (Wildman–Crippen MR) is 66.1 cm³/mol. The highest BCUT2D eigenvalue weighted by atomic mass is 16.6. The molecule has 1 aliphatic heterocycles. The molecule has 0 aromatic heterocycles. The zero-order valence-corrected chi connectivity index (χ0v) is 11.6. The second-order valence-electron chi connectivity index (χ2n) is 5.81. The lowest BCUT2D eigenvalue weighted by Crippen LogP contribution is -2.31. The molecule has 5 nitrogen and oxygen atoms in total. The van der Waals surface area contributed by atoms with Crippen LogP contribution in [0.25, 0.3) is 0 Å². The molecule has 2 fully saturated rings. The Morgan fingerprint density at radius 1 is 1.42 bits per heavy atom. The van der Waals surface area contributed by atoms with Crippen molar-refractivity contribution in [2.24, 2.45) is 17.8 Å². The van der Waals surface area contributed by atoms with Gasteiger partial charge in [0.1, 0.15) is 11.4 Å². The number of carbonyl (C=O) groups excluding carboxylic acids is 3. The molecule has 0 radical (unpaired) electrons.